The highest BCUT2D eigenvalue weighted by atomic mass is 16.5. The molecule has 1 aromatic heterocycles. The molecule has 0 unspecified atom stereocenters. The van der Waals surface area contributed by atoms with Crippen molar-refractivity contribution in [3.8, 4) is 0 Å². The molecular weight excluding hydrogens is 360 g/mol. The van der Waals surface area contributed by atoms with Crippen LogP contribution in [0.15, 0.2) is 42.6 Å². The van der Waals surface area contributed by atoms with Crippen molar-refractivity contribution in [2.45, 2.75) is 13.5 Å². The van der Waals surface area contributed by atoms with Crippen molar-refractivity contribution < 1.29 is 19.1 Å². The summed E-state index contributed by atoms with van der Waals surface area (Å²) in [6.07, 6.45) is 1.25. The van der Waals surface area contributed by atoms with Gasteiger partial charge in [0.25, 0.3) is 5.91 Å². The third kappa shape index (κ3) is 5.43. The van der Waals surface area contributed by atoms with Crippen LogP contribution in [0, 0.1) is 0 Å². The van der Waals surface area contributed by atoms with E-state index in [1.54, 1.807) is 37.4 Å². The first-order valence-electron chi connectivity index (χ1n) is 9.25. The van der Waals surface area contributed by atoms with Gasteiger partial charge in [-0.05, 0) is 42.8 Å². The maximum Gasteiger partial charge on any atom is 0.411 e. The molecule has 1 aromatic carbocycles. The van der Waals surface area contributed by atoms with E-state index in [9.17, 15) is 9.59 Å². The Hall–Kier alpha value is -3.13. The Bertz CT molecular complexity index is 787. The Balaban J connectivity index is 1.50. The molecule has 1 aliphatic heterocycles. The van der Waals surface area contributed by atoms with Gasteiger partial charge < -0.3 is 19.7 Å². The van der Waals surface area contributed by atoms with Gasteiger partial charge in [0.05, 0.1) is 19.8 Å². The number of carbonyl (C=O) groups is 2. The first-order valence-corrected chi connectivity index (χ1v) is 9.25. The molecule has 1 saturated heterocycles. The number of aromatic nitrogens is 1. The van der Waals surface area contributed by atoms with E-state index >= 15 is 0 Å². The number of carbonyl (C=O) groups excluding carboxylic acids is 2. The van der Waals surface area contributed by atoms with Crippen LogP contribution in [0.1, 0.15) is 22.8 Å². The van der Waals surface area contributed by atoms with Crippen LogP contribution >= 0.6 is 0 Å². The number of hydrogen-bond donors (Lipinski definition) is 2. The van der Waals surface area contributed by atoms with Crippen molar-refractivity contribution in [2.24, 2.45) is 0 Å². The maximum atomic E-state index is 12.3. The van der Waals surface area contributed by atoms with Gasteiger partial charge in [-0.25, -0.2) is 9.78 Å². The summed E-state index contributed by atoms with van der Waals surface area (Å²) in [5.74, 6) is 0.725. The van der Waals surface area contributed by atoms with Gasteiger partial charge in [0.2, 0.25) is 0 Å². The van der Waals surface area contributed by atoms with E-state index in [0.717, 1.165) is 24.5 Å². The van der Waals surface area contributed by atoms with E-state index < -0.39 is 6.09 Å². The van der Waals surface area contributed by atoms with Gasteiger partial charge in [-0.2, -0.15) is 0 Å². The van der Waals surface area contributed by atoms with E-state index in [1.807, 2.05) is 12.1 Å². The molecule has 8 heteroatoms. The molecule has 2 aromatic rings. The second-order valence-corrected chi connectivity index (χ2v) is 6.23. The van der Waals surface area contributed by atoms with Crippen LogP contribution in [0.4, 0.5) is 16.3 Å². The first-order chi connectivity index (χ1) is 13.7. The lowest BCUT2D eigenvalue weighted by molar-refractivity contribution is 0.0951. The predicted molar refractivity (Wildman–Crippen MR) is 106 cm³/mol. The number of nitrogens with zero attached hydrogens (tertiary/aromatic N) is 2. The van der Waals surface area contributed by atoms with Crippen LogP contribution in [0.2, 0.25) is 0 Å². The van der Waals surface area contributed by atoms with Crippen LogP contribution in [0.3, 0.4) is 0 Å². The number of benzene rings is 1. The van der Waals surface area contributed by atoms with E-state index in [4.69, 9.17) is 9.47 Å². The van der Waals surface area contributed by atoms with Crippen LogP contribution in [-0.4, -0.2) is 49.9 Å². The van der Waals surface area contributed by atoms with Crippen molar-refractivity contribution in [2.75, 3.05) is 43.1 Å². The highest BCUT2D eigenvalue weighted by molar-refractivity contribution is 5.95. The number of ether oxygens (including phenoxy) is 2. The summed E-state index contributed by atoms with van der Waals surface area (Å²) in [6, 6.07) is 10.5. The summed E-state index contributed by atoms with van der Waals surface area (Å²) in [4.78, 5) is 30.3. The lowest BCUT2D eigenvalue weighted by Crippen LogP contribution is -2.36. The zero-order chi connectivity index (χ0) is 19.8. The Kier molecular flexibility index (Phi) is 6.80. The highest BCUT2D eigenvalue weighted by Gasteiger charge is 2.12. The van der Waals surface area contributed by atoms with E-state index in [-0.39, 0.29) is 5.91 Å². The quantitative estimate of drug-likeness (QED) is 0.795. The monoisotopic (exact) mass is 384 g/mol. The van der Waals surface area contributed by atoms with Crippen LogP contribution < -0.4 is 15.5 Å². The lowest BCUT2D eigenvalue weighted by atomic mass is 10.2. The largest absolute Gasteiger partial charge is 0.450 e. The van der Waals surface area contributed by atoms with E-state index in [1.165, 1.54) is 0 Å². The molecule has 28 heavy (non-hydrogen) atoms. The molecule has 0 aliphatic carbocycles. The molecule has 0 atom stereocenters. The molecule has 2 heterocycles. The molecule has 3 rings (SSSR count). The Labute approximate surface area is 163 Å². The predicted octanol–water partition coefficient (Wildman–Crippen LogP) is 2.42. The van der Waals surface area contributed by atoms with Gasteiger partial charge in [-0.3, -0.25) is 10.1 Å². The minimum absolute atomic E-state index is 0.194. The van der Waals surface area contributed by atoms with Crippen molar-refractivity contribution in [3.63, 3.8) is 0 Å². The zero-order valence-corrected chi connectivity index (χ0v) is 15.8. The smallest absolute Gasteiger partial charge is 0.411 e. The van der Waals surface area contributed by atoms with Crippen molar-refractivity contribution in [3.05, 3.63) is 53.7 Å². The molecule has 2 N–H and O–H groups in total. The summed E-state index contributed by atoms with van der Waals surface area (Å²) in [5, 5.41) is 5.46. The van der Waals surface area contributed by atoms with Crippen LogP contribution in [-0.2, 0) is 16.0 Å². The minimum atomic E-state index is -0.521. The summed E-state index contributed by atoms with van der Waals surface area (Å²) in [5.41, 5.74) is 2.00. The number of pyridine rings is 1. The molecule has 1 aliphatic rings. The number of amides is 2. The minimum Gasteiger partial charge on any atom is -0.450 e. The molecule has 0 bridgehead atoms. The second kappa shape index (κ2) is 9.70. The van der Waals surface area contributed by atoms with Gasteiger partial charge in [0.1, 0.15) is 5.82 Å². The molecule has 8 nitrogen and oxygen atoms in total. The van der Waals surface area contributed by atoms with Gasteiger partial charge in [-0.15, -0.1) is 0 Å². The number of rotatable bonds is 6. The lowest BCUT2D eigenvalue weighted by Gasteiger charge is -2.27. The van der Waals surface area contributed by atoms with Gasteiger partial charge in [-0.1, -0.05) is 6.07 Å². The highest BCUT2D eigenvalue weighted by Crippen LogP contribution is 2.13. The maximum absolute atomic E-state index is 12.3. The van der Waals surface area contributed by atoms with Gasteiger partial charge >= 0.3 is 6.09 Å². The third-order valence-electron chi connectivity index (χ3n) is 4.27. The fourth-order valence-electron chi connectivity index (χ4n) is 2.78. The summed E-state index contributed by atoms with van der Waals surface area (Å²) >= 11 is 0. The van der Waals surface area contributed by atoms with Gasteiger partial charge in [0.15, 0.2) is 0 Å². The zero-order valence-electron chi connectivity index (χ0n) is 15.8. The van der Waals surface area contributed by atoms with Crippen LogP contribution in [0.5, 0.6) is 0 Å². The Morgan fingerprint density at radius 1 is 1.14 bits per heavy atom. The standard InChI is InChI=1S/C20H24N4O4/c1-2-28-20(26)23-17-6-4-16(5-7-17)19(25)22-14-15-3-8-18(21-13-15)24-9-11-27-12-10-24/h3-8,13H,2,9-12,14H2,1H3,(H,22,25)(H,23,26). The van der Waals surface area contributed by atoms with Crippen molar-refractivity contribution in [1.29, 1.82) is 0 Å². The molecule has 148 valence electrons. The number of morpholine rings is 1. The Morgan fingerprint density at radius 3 is 2.54 bits per heavy atom. The molecule has 2 amide bonds. The summed E-state index contributed by atoms with van der Waals surface area (Å²) < 4.78 is 10.2. The van der Waals surface area contributed by atoms with E-state index in [2.05, 4.69) is 20.5 Å². The Morgan fingerprint density at radius 2 is 1.89 bits per heavy atom. The van der Waals surface area contributed by atoms with Crippen molar-refractivity contribution >= 4 is 23.5 Å². The number of nitrogens with one attached hydrogen (secondary N) is 2. The topological polar surface area (TPSA) is 92.8 Å². The molecule has 0 radical (unpaired) electrons. The number of hydrogen-bond acceptors (Lipinski definition) is 6. The SMILES string of the molecule is CCOC(=O)Nc1ccc(C(=O)NCc2ccc(N3CCOCC3)nc2)cc1. The normalized spacial score (nSPS) is 13.7. The third-order valence-corrected chi connectivity index (χ3v) is 4.27. The fraction of sp³-hybridized carbons (Fsp3) is 0.350. The average molecular weight is 384 g/mol. The van der Waals surface area contributed by atoms with Crippen LogP contribution in [0.25, 0.3) is 0 Å². The molecule has 0 saturated carbocycles. The molecule has 1 fully saturated rings. The average Bonchev–Trinajstić information content (AvgIpc) is 2.74. The summed E-state index contributed by atoms with van der Waals surface area (Å²) in [6.45, 7) is 5.53. The fourth-order valence-corrected chi connectivity index (χ4v) is 2.78. The number of anilines is 2. The van der Waals surface area contributed by atoms with Crippen molar-refractivity contribution in [1.82, 2.24) is 10.3 Å². The van der Waals surface area contributed by atoms with E-state index in [0.29, 0.717) is 37.6 Å². The van der Waals surface area contributed by atoms with Gasteiger partial charge in [0, 0.05) is 37.1 Å². The second-order valence-electron chi connectivity index (χ2n) is 6.23. The molecule has 0 spiro atoms. The first kappa shape index (κ1) is 19.6. The molecular formula is C20H24N4O4. The summed E-state index contributed by atoms with van der Waals surface area (Å²) in [7, 11) is 0.